The summed E-state index contributed by atoms with van der Waals surface area (Å²) in [7, 11) is 4.23. The molecule has 1 atom stereocenters. The van der Waals surface area contributed by atoms with Crippen LogP contribution < -0.4 is 5.32 Å². The first-order valence-corrected chi connectivity index (χ1v) is 5.73. The summed E-state index contributed by atoms with van der Waals surface area (Å²) >= 11 is 0. The van der Waals surface area contributed by atoms with E-state index in [9.17, 15) is 0 Å². The highest BCUT2D eigenvalue weighted by atomic mass is 15.1. The molecule has 0 aromatic heterocycles. The molecule has 0 amide bonds. The van der Waals surface area contributed by atoms with Gasteiger partial charge in [-0.05, 0) is 38.1 Å². The lowest BCUT2D eigenvalue weighted by Crippen LogP contribution is -2.28. The zero-order valence-corrected chi connectivity index (χ0v) is 9.66. The average molecular weight is 204 g/mol. The molecule has 0 saturated carbocycles. The Labute approximate surface area is 92.3 Å². The van der Waals surface area contributed by atoms with Crippen molar-refractivity contribution in [2.75, 3.05) is 27.2 Å². The molecule has 1 N–H and O–H groups in total. The van der Waals surface area contributed by atoms with E-state index in [1.54, 1.807) is 0 Å². The number of hydrogen-bond donors (Lipinski definition) is 1. The number of aryl methyl sites for hydroxylation is 1. The summed E-state index contributed by atoms with van der Waals surface area (Å²) in [5.41, 5.74) is 3.04. The van der Waals surface area contributed by atoms with Crippen molar-refractivity contribution < 1.29 is 0 Å². The van der Waals surface area contributed by atoms with E-state index in [4.69, 9.17) is 0 Å². The average Bonchev–Trinajstić information content (AvgIpc) is 2.62. The summed E-state index contributed by atoms with van der Waals surface area (Å²) in [6.45, 7) is 2.19. The summed E-state index contributed by atoms with van der Waals surface area (Å²) in [5, 5.41) is 3.63. The number of rotatable bonds is 4. The van der Waals surface area contributed by atoms with Crippen LogP contribution >= 0.6 is 0 Å². The third-order valence-electron chi connectivity index (χ3n) is 3.08. The molecule has 1 aromatic rings. The fourth-order valence-electron chi connectivity index (χ4n) is 2.23. The van der Waals surface area contributed by atoms with Crippen molar-refractivity contribution in [2.45, 2.75) is 18.9 Å². The largest absolute Gasteiger partial charge is 0.309 e. The van der Waals surface area contributed by atoms with Crippen molar-refractivity contribution in [1.82, 2.24) is 10.2 Å². The van der Waals surface area contributed by atoms with Crippen LogP contribution in [-0.2, 0) is 6.42 Å². The Morgan fingerprint density at radius 3 is 2.93 bits per heavy atom. The van der Waals surface area contributed by atoms with E-state index in [0.29, 0.717) is 6.04 Å². The Bertz CT molecular complexity index is 320. The second-order valence-corrected chi connectivity index (χ2v) is 4.55. The van der Waals surface area contributed by atoms with Gasteiger partial charge in [-0.25, -0.2) is 0 Å². The highest BCUT2D eigenvalue weighted by Gasteiger charge is 2.20. The van der Waals surface area contributed by atoms with E-state index in [1.807, 2.05) is 0 Å². The fraction of sp³-hybridized carbons (Fsp3) is 0.538. The zero-order chi connectivity index (χ0) is 10.7. The predicted octanol–water partition coefficient (Wildman–Crippen LogP) is 1.83. The molecular formula is C13H20N2. The number of nitrogens with zero attached hydrogens (tertiary/aromatic N) is 1. The summed E-state index contributed by atoms with van der Waals surface area (Å²) in [6.07, 6.45) is 2.49. The Morgan fingerprint density at radius 2 is 2.13 bits per heavy atom. The van der Waals surface area contributed by atoms with Crippen molar-refractivity contribution in [1.29, 1.82) is 0 Å². The molecule has 1 aliphatic rings. The van der Waals surface area contributed by atoms with Gasteiger partial charge in [0.25, 0.3) is 0 Å². The van der Waals surface area contributed by atoms with Crippen molar-refractivity contribution in [3.05, 3.63) is 35.4 Å². The van der Waals surface area contributed by atoms with E-state index < -0.39 is 0 Å². The Hall–Kier alpha value is -0.860. The standard InChI is InChI=1S/C13H20N2/c1-15(2)10-9-14-13-8-7-11-5-3-4-6-12(11)13/h3-6,13-14H,7-10H2,1-2H3. The van der Waals surface area contributed by atoms with Gasteiger partial charge in [0.05, 0.1) is 0 Å². The summed E-state index contributed by atoms with van der Waals surface area (Å²) < 4.78 is 0. The van der Waals surface area contributed by atoms with Gasteiger partial charge < -0.3 is 10.2 Å². The number of nitrogens with one attached hydrogen (secondary N) is 1. The lowest BCUT2D eigenvalue weighted by molar-refractivity contribution is 0.384. The minimum atomic E-state index is 0.584. The monoisotopic (exact) mass is 204 g/mol. The first-order chi connectivity index (χ1) is 7.27. The van der Waals surface area contributed by atoms with Gasteiger partial charge >= 0.3 is 0 Å². The van der Waals surface area contributed by atoms with E-state index in [0.717, 1.165) is 13.1 Å². The Morgan fingerprint density at radius 1 is 1.33 bits per heavy atom. The molecule has 82 valence electrons. The van der Waals surface area contributed by atoms with Gasteiger partial charge in [0, 0.05) is 19.1 Å². The first-order valence-electron chi connectivity index (χ1n) is 5.73. The molecule has 0 saturated heterocycles. The lowest BCUT2D eigenvalue weighted by Gasteiger charge is -2.16. The topological polar surface area (TPSA) is 15.3 Å². The molecule has 2 nitrogen and oxygen atoms in total. The van der Waals surface area contributed by atoms with Crippen LogP contribution in [0.25, 0.3) is 0 Å². The van der Waals surface area contributed by atoms with Crippen LogP contribution in [0.2, 0.25) is 0 Å². The van der Waals surface area contributed by atoms with Gasteiger partial charge in [0.15, 0.2) is 0 Å². The normalized spacial score (nSPS) is 19.5. The van der Waals surface area contributed by atoms with Crippen LogP contribution in [-0.4, -0.2) is 32.1 Å². The number of benzene rings is 1. The number of fused-ring (bicyclic) bond motifs is 1. The Balaban J connectivity index is 1.90. The van der Waals surface area contributed by atoms with E-state index in [2.05, 4.69) is 48.6 Å². The zero-order valence-electron chi connectivity index (χ0n) is 9.66. The van der Waals surface area contributed by atoms with Gasteiger partial charge in [0.1, 0.15) is 0 Å². The maximum absolute atomic E-state index is 3.63. The molecule has 15 heavy (non-hydrogen) atoms. The second-order valence-electron chi connectivity index (χ2n) is 4.55. The molecule has 2 rings (SSSR count). The maximum Gasteiger partial charge on any atom is 0.0326 e. The number of likely N-dealkylation sites (N-methyl/N-ethyl adjacent to an activating group) is 1. The van der Waals surface area contributed by atoms with Crippen LogP contribution in [0.5, 0.6) is 0 Å². The van der Waals surface area contributed by atoms with Crippen LogP contribution in [0.1, 0.15) is 23.6 Å². The second kappa shape index (κ2) is 4.77. The van der Waals surface area contributed by atoms with E-state index in [-0.39, 0.29) is 0 Å². The minimum Gasteiger partial charge on any atom is -0.309 e. The van der Waals surface area contributed by atoms with Crippen molar-refractivity contribution in [3.63, 3.8) is 0 Å². The first kappa shape index (κ1) is 10.7. The molecule has 1 unspecified atom stereocenters. The van der Waals surface area contributed by atoms with Crippen molar-refractivity contribution >= 4 is 0 Å². The molecule has 2 heteroatoms. The van der Waals surface area contributed by atoms with E-state index >= 15 is 0 Å². The molecule has 0 radical (unpaired) electrons. The summed E-state index contributed by atoms with van der Waals surface area (Å²) in [6, 6.07) is 9.38. The third kappa shape index (κ3) is 2.58. The lowest BCUT2D eigenvalue weighted by atomic mass is 10.1. The highest BCUT2D eigenvalue weighted by Crippen LogP contribution is 2.30. The van der Waals surface area contributed by atoms with Gasteiger partial charge in [-0.15, -0.1) is 0 Å². The van der Waals surface area contributed by atoms with Crippen LogP contribution in [0, 0.1) is 0 Å². The van der Waals surface area contributed by atoms with Crippen LogP contribution in [0.15, 0.2) is 24.3 Å². The minimum absolute atomic E-state index is 0.584. The van der Waals surface area contributed by atoms with Gasteiger partial charge in [-0.3, -0.25) is 0 Å². The summed E-state index contributed by atoms with van der Waals surface area (Å²) in [4.78, 5) is 2.22. The van der Waals surface area contributed by atoms with Gasteiger partial charge in [-0.1, -0.05) is 24.3 Å². The summed E-state index contributed by atoms with van der Waals surface area (Å²) in [5.74, 6) is 0. The molecule has 0 heterocycles. The van der Waals surface area contributed by atoms with Crippen molar-refractivity contribution in [2.24, 2.45) is 0 Å². The maximum atomic E-state index is 3.63. The quantitative estimate of drug-likeness (QED) is 0.805. The predicted molar refractivity (Wildman–Crippen MR) is 64.1 cm³/mol. The molecule has 0 spiro atoms. The third-order valence-corrected chi connectivity index (χ3v) is 3.08. The Kier molecular flexibility index (Phi) is 3.39. The van der Waals surface area contributed by atoms with Crippen molar-refractivity contribution in [3.8, 4) is 0 Å². The molecule has 0 fully saturated rings. The van der Waals surface area contributed by atoms with Crippen LogP contribution in [0.3, 0.4) is 0 Å². The highest BCUT2D eigenvalue weighted by molar-refractivity contribution is 5.34. The van der Waals surface area contributed by atoms with Crippen LogP contribution in [0.4, 0.5) is 0 Å². The molecule has 0 aliphatic heterocycles. The van der Waals surface area contributed by atoms with Gasteiger partial charge in [0.2, 0.25) is 0 Å². The molecular weight excluding hydrogens is 184 g/mol. The van der Waals surface area contributed by atoms with Gasteiger partial charge in [-0.2, -0.15) is 0 Å². The fourth-order valence-corrected chi connectivity index (χ4v) is 2.23. The number of hydrogen-bond acceptors (Lipinski definition) is 2. The van der Waals surface area contributed by atoms with E-state index in [1.165, 1.54) is 24.0 Å². The smallest absolute Gasteiger partial charge is 0.0326 e. The molecule has 1 aliphatic carbocycles. The molecule has 1 aromatic carbocycles. The SMILES string of the molecule is CN(C)CCNC1CCc2ccccc21. The molecule has 0 bridgehead atoms.